The molecule has 0 spiro atoms. The fraction of sp³-hybridized carbons (Fsp3) is 0.348. The quantitative estimate of drug-likeness (QED) is 0.599. The first-order valence-corrected chi connectivity index (χ1v) is 11.0. The largest absolute Gasteiger partial charge is 0.378 e. The molecule has 0 aliphatic carbocycles. The van der Waals surface area contributed by atoms with Crippen LogP contribution < -0.4 is 15.8 Å². The third-order valence-electron chi connectivity index (χ3n) is 5.13. The standard InChI is InChI=1S/C23H27N3O2S/c1-2-3-13-26-23(27)21(22(29-26)18-7-5-4-6-8-18)24-19-9-11-20(12-10-19)25-14-16-28-17-15-25/h4-12,24H,2-3,13-17H2,1H3. The van der Waals surface area contributed by atoms with Gasteiger partial charge in [-0.15, -0.1) is 0 Å². The van der Waals surface area contributed by atoms with E-state index < -0.39 is 0 Å². The van der Waals surface area contributed by atoms with E-state index in [2.05, 4.69) is 41.4 Å². The number of aromatic nitrogens is 1. The normalized spacial score (nSPS) is 14.2. The van der Waals surface area contributed by atoms with Crippen LogP contribution in [0.2, 0.25) is 0 Å². The first-order chi connectivity index (χ1) is 14.3. The van der Waals surface area contributed by atoms with Crippen LogP contribution in [0.15, 0.2) is 59.4 Å². The Kier molecular flexibility index (Phi) is 6.32. The molecule has 6 heteroatoms. The van der Waals surface area contributed by atoms with Crippen LogP contribution in [0.4, 0.5) is 17.1 Å². The van der Waals surface area contributed by atoms with Crippen molar-refractivity contribution in [3.05, 3.63) is 65.0 Å². The van der Waals surface area contributed by atoms with E-state index in [-0.39, 0.29) is 5.56 Å². The molecule has 1 aliphatic rings. The van der Waals surface area contributed by atoms with Gasteiger partial charge in [0.15, 0.2) is 0 Å². The van der Waals surface area contributed by atoms with E-state index in [0.717, 1.165) is 61.8 Å². The zero-order valence-corrected chi connectivity index (χ0v) is 17.6. The summed E-state index contributed by atoms with van der Waals surface area (Å²) < 4.78 is 7.30. The molecule has 1 aromatic heterocycles. The highest BCUT2D eigenvalue weighted by atomic mass is 32.1. The van der Waals surface area contributed by atoms with Gasteiger partial charge in [0.25, 0.3) is 5.56 Å². The number of unbranched alkanes of at least 4 members (excludes halogenated alkanes) is 1. The van der Waals surface area contributed by atoms with Crippen LogP contribution in [0, 0.1) is 0 Å². The van der Waals surface area contributed by atoms with E-state index in [1.165, 1.54) is 5.69 Å². The lowest BCUT2D eigenvalue weighted by molar-refractivity contribution is 0.122. The average Bonchev–Trinajstić information content (AvgIpc) is 3.09. The first-order valence-electron chi connectivity index (χ1n) is 10.3. The summed E-state index contributed by atoms with van der Waals surface area (Å²) in [5.41, 5.74) is 3.90. The molecule has 3 aromatic rings. The van der Waals surface area contributed by atoms with Gasteiger partial charge in [-0.3, -0.25) is 8.75 Å². The van der Waals surface area contributed by atoms with Gasteiger partial charge in [-0.1, -0.05) is 55.2 Å². The van der Waals surface area contributed by atoms with Crippen LogP contribution in [0.1, 0.15) is 19.8 Å². The van der Waals surface area contributed by atoms with Crippen molar-refractivity contribution in [3.8, 4) is 10.4 Å². The molecule has 1 N–H and O–H groups in total. The van der Waals surface area contributed by atoms with Crippen LogP contribution in [0.5, 0.6) is 0 Å². The van der Waals surface area contributed by atoms with Crippen molar-refractivity contribution < 1.29 is 4.74 Å². The van der Waals surface area contributed by atoms with Crippen LogP contribution in [0.3, 0.4) is 0 Å². The summed E-state index contributed by atoms with van der Waals surface area (Å²) in [7, 11) is 0. The summed E-state index contributed by atoms with van der Waals surface area (Å²) in [5, 5.41) is 3.40. The lowest BCUT2D eigenvalue weighted by Crippen LogP contribution is -2.36. The molecule has 2 aromatic carbocycles. The van der Waals surface area contributed by atoms with Crippen molar-refractivity contribution in [3.63, 3.8) is 0 Å². The highest BCUT2D eigenvalue weighted by Gasteiger charge is 2.17. The molecule has 5 nitrogen and oxygen atoms in total. The van der Waals surface area contributed by atoms with Gasteiger partial charge in [-0.05, 0) is 36.2 Å². The van der Waals surface area contributed by atoms with E-state index in [0.29, 0.717) is 5.69 Å². The monoisotopic (exact) mass is 409 g/mol. The minimum absolute atomic E-state index is 0.0551. The lowest BCUT2D eigenvalue weighted by atomic mass is 10.1. The number of rotatable bonds is 7. The summed E-state index contributed by atoms with van der Waals surface area (Å²) in [4.78, 5) is 16.4. The fourth-order valence-electron chi connectivity index (χ4n) is 3.49. The molecule has 2 heterocycles. The highest BCUT2D eigenvalue weighted by Crippen LogP contribution is 2.33. The smallest absolute Gasteiger partial charge is 0.284 e. The summed E-state index contributed by atoms with van der Waals surface area (Å²) in [5.74, 6) is 0. The second-order valence-electron chi connectivity index (χ2n) is 7.19. The predicted molar refractivity (Wildman–Crippen MR) is 122 cm³/mol. The van der Waals surface area contributed by atoms with Crippen LogP contribution in [-0.2, 0) is 11.3 Å². The van der Waals surface area contributed by atoms with Gasteiger partial charge in [0.05, 0.1) is 18.1 Å². The molecule has 0 bridgehead atoms. The second-order valence-corrected chi connectivity index (χ2v) is 8.23. The summed E-state index contributed by atoms with van der Waals surface area (Å²) in [6.45, 7) is 6.28. The second kappa shape index (κ2) is 9.29. The van der Waals surface area contributed by atoms with Crippen molar-refractivity contribution in [1.29, 1.82) is 0 Å². The van der Waals surface area contributed by atoms with Crippen LogP contribution in [-0.4, -0.2) is 30.3 Å². The third kappa shape index (κ3) is 4.54. The predicted octanol–water partition coefficient (Wildman–Crippen LogP) is 4.96. The molecule has 0 unspecified atom stereocenters. The number of morpholine rings is 1. The number of benzene rings is 2. The molecule has 1 saturated heterocycles. The molecule has 152 valence electrons. The van der Waals surface area contributed by atoms with E-state index in [1.54, 1.807) is 11.5 Å². The summed E-state index contributed by atoms with van der Waals surface area (Å²) in [6, 6.07) is 18.4. The van der Waals surface area contributed by atoms with Gasteiger partial charge in [0.2, 0.25) is 0 Å². The van der Waals surface area contributed by atoms with E-state index in [9.17, 15) is 4.79 Å². The van der Waals surface area contributed by atoms with E-state index in [1.807, 2.05) is 34.3 Å². The van der Waals surface area contributed by atoms with Crippen molar-refractivity contribution in [2.45, 2.75) is 26.3 Å². The van der Waals surface area contributed by atoms with Crippen molar-refractivity contribution in [2.24, 2.45) is 0 Å². The molecule has 4 rings (SSSR count). The van der Waals surface area contributed by atoms with Gasteiger partial charge >= 0.3 is 0 Å². The SMILES string of the molecule is CCCCn1sc(-c2ccccc2)c(Nc2ccc(N3CCOCC3)cc2)c1=O. The van der Waals surface area contributed by atoms with Gasteiger partial charge in [0, 0.05) is 31.0 Å². The molecular formula is C23H27N3O2S. The van der Waals surface area contributed by atoms with Gasteiger partial charge in [0.1, 0.15) is 5.69 Å². The fourth-order valence-corrected chi connectivity index (χ4v) is 4.57. The number of nitrogens with one attached hydrogen (secondary N) is 1. The average molecular weight is 410 g/mol. The number of hydrogen-bond donors (Lipinski definition) is 1. The maximum absolute atomic E-state index is 13.1. The van der Waals surface area contributed by atoms with Crippen molar-refractivity contribution >= 4 is 28.6 Å². The molecule has 29 heavy (non-hydrogen) atoms. The lowest BCUT2D eigenvalue weighted by Gasteiger charge is -2.28. The zero-order chi connectivity index (χ0) is 20.1. The number of anilines is 3. The number of hydrogen-bond acceptors (Lipinski definition) is 5. The summed E-state index contributed by atoms with van der Waals surface area (Å²) >= 11 is 1.54. The number of nitrogens with zero attached hydrogens (tertiary/aromatic N) is 2. The van der Waals surface area contributed by atoms with Crippen molar-refractivity contribution in [2.75, 3.05) is 36.5 Å². The maximum Gasteiger partial charge on any atom is 0.284 e. The Labute approximate surface area is 175 Å². The Balaban J connectivity index is 1.61. The third-order valence-corrected chi connectivity index (χ3v) is 6.32. The Morgan fingerprint density at radius 2 is 1.76 bits per heavy atom. The molecule has 1 fully saturated rings. The van der Waals surface area contributed by atoms with Crippen molar-refractivity contribution in [1.82, 2.24) is 3.96 Å². The topological polar surface area (TPSA) is 46.5 Å². The molecule has 0 amide bonds. The molecule has 0 atom stereocenters. The molecular weight excluding hydrogens is 382 g/mol. The molecule has 0 saturated carbocycles. The number of ether oxygens (including phenoxy) is 1. The Morgan fingerprint density at radius 1 is 1.03 bits per heavy atom. The van der Waals surface area contributed by atoms with Gasteiger partial charge in [-0.2, -0.15) is 0 Å². The minimum Gasteiger partial charge on any atom is -0.378 e. The van der Waals surface area contributed by atoms with Crippen LogP contribution >= 0.6 is 11.5 Å². The van der Waals surface area contributed by atoms with E-state index in [4.69, 9.17) is 4.74 Å². The number of aryl methyl sites for hydroxylation is 1. The zero-order valence-electron chi connectivity index (χ0n) is 16.8. The van der Waals surface area contributed by atoms with Gasteiger partial charge in [-0.25, -0.2) is 0 Å². The highest BCUT2D eigenvalue weighted by molar-refractivity contribution is 7.10. The minimum atomic E-state index is 0.0551. The van der Waals surface area contributed by atoms with Crippen LogP contribution in [0.25, 0.3) is 10.4 Å². The summed E-state index contributed by atoms with van der Waals surface area (Å²) in [6.07, 6.45) is 2.07. The Hall–Kier alpha value is -2.57. The van der Waals surface area contributed by atoms with Gasteiger partial charge < -0.3 is 15.0 Å². The Bertz CT molecular complexity index is 974. The molecule has 1 aliphatic heterocycles. The van der Waals surface area contributed by atoms with E-state index >= 15 is 0 Å². The maximum atomic E-state index is 13.1. The Morgan fingerprint density at radius 3 is 2.45 bits per heavy atom. The molecule has 0 radical (unpaired) electrons. The first kappa shape index (κ1) is 19.7.